The van der Waals surface area contributed by atoms with E-state index in [1.807, 2.05) is 0 Å². The van der Waals surface area contributed by atoms with Crippen molar-refractivity contribution in [2.24, 2.45) is 11.5 Å². The number of hydrogen-bond acceptors (Lipinski definition) is 6. The number of Topliss-reactive ketones (excluding diaryl/α,β-unsaturated/α-hetero) is 1. The summed E-state index contributed by atoms with van der Waals surface area (Å²) in [7, 11) is -1.25. The zero-order chi connectivity index (χ0) is 19.6. The SMILES string of the molecule is NCc1ccc(C(=O)C[C@H]2Cc3cccc(C(=O)O)c3OB2O)cc1CN. The molecule has 140 valence electrons. The first-order valence-electron chi connectivity index (χ1n) is 8.69. The van der Waals surface area contributed by atoms with Crippen LogP contribution in [0.1, 0.15) is 43.8 Å². The lowest BCUT2D eigenvalue weighted by Gasteiger charge is -2.28. The Hall–Kier alpha value is -2.68. The summed E-state index contributed by atoms with van der Waals surface area (Å²) < 4.78 is 5.44. The fourth-order valence-electron chi connectivity index (χ4n) is 3.37. The summed E-state index contributed by atoms with van der Waals surface area (Å²) in [5, 5.41) is 19.5. The largest absolute Gasteiger partial charge is 0.535 e. The van der Waals surface area contributed by atoms with Crippen molar-refractivity contribution in [2.45, 2.75) is 31.7 Å². The van der Waals surface area contributed by atoms with Crippen LogP contribution in [-0.2, 0) is 19.5 Å². The summed E-state index contributed by atoms with van der Waals surface area (Å²) in [5.74, 6) is -1.56. The highest BCUT2D eigenvalue weighted by Crippen LogP contribution is 2.36. The quantitative estimate of drug-likeness (QED) is 0.446. The number of hydrogen-bond donors (Lipinski definition) is 4. The highest BCUT2D eigenvalue weighted by Gasteiger charge is 2.37. The smallest absolute Gasteiger partial charge is 0.526 e. The molecule has 8 heteroatoms. The molecule has 0 bridgehead atoms. The summed E-state index contributed by atoms with van der Waals surface area (Å²) in [6, 6.07) is 10.0. The van der Waals surface area contributed by atoms with E-state index >= 15 is 0 Å². The number of carbonyl (C=O) groups excluding carboxylic acids is 1. The van der Waals surface area contributed by atoms with E-state index in [1.165, 1.54) is 6.07 Å². The molecule has 6 N–H and O–H groups in total. The second-order valence-corrected chi connectivity index (χ2v) is 6.59. The van der Waals surface area contributed by atoms with E-state index in [0.29, 0.717) is 24.1 Å². The molecule has 3 rings (SSSR count). The molecule has 1 heterocycles. The Labute approximate surface area is 157 Å². The highest BCUT2D eigenvalue weighted by atomic mass is 16.5. The molecular weight excluding hydrogens is 347 g/mol. The number of carboxylic acids is 1. The number of para-hydroxylation sites is 1. The van der Waals surface area contributed by atoms with Crippen LogP contribution in [0.25, 0.3) is 0 Å². The molecule has 0 saturated heterocycles. The Bertz CT molecular complexity index is 886. The molecule has 0 fully saturated rings. The first-order valence-corrected chi connectivity index (χ1v) is 8.69. The molecule has 2 aromatic rings. The van der Waals surface area contributed by atoms with Crippen molar-refractivity contribution < 1.29 is 24.4 Å². The van der Waals surface area contributed by atoms with Crippen molar-refractivity contribution in [1.82, 2.24) is 0 Å². The van der Waals surface area contributed by atoms with Gasteiger partial charge in [0.05, 0.1) is 5.56 Å². The minimum absolute atomic E-state index is 0.00119. The van der Waals surface area contributed by atoms with Crippen LogP contribution in [0.15, 0.2) is 36.4 Å². The fourth-order valence-corrected chi connectivity index (χ4v) is 3.37. The average molecular weight is 368 g/mol. The molecule has 7 nitrogen and oxygen atoms in total. The molecule has 2 aromatic carbocycles. The summed E-state index contributed by atoms with van der Waals surface area (Å²) in [4.78, 5) is 24.0. The van der Waals surface area contributed by atoms with Gasteiger partial charge in [-0.05, 0) is 35.2 Å². The van der Waals surface area contributed by atoms with Crippen LogP contribution in [0.2, 0.25) is 5.82 Å². The fraction of sp³-hybridized carbons (Fsp3) is 0.263. The zero-order valence-corrected chi connectivity index (χ0v) is 14.7. The van der Waals surface area contributed by atoms with Gasteiger partial charge in [0, 0.05) is 30.9 Å². The van der Waals surface area contributed by atoms with E-state index in [1.54, 1.807) is 30.3 Å². The first kappa shape index (κ1) is 19.1. The van der Waals surface area contributed by atoms with Crippen molar-refractivity contribution in [3.8, 4) is 5.75 Å². The number of carboxylic acid groups (broad SMARTS) is 1. The second kappa shape index (κ2) is 7.91. The third-order valence-corrected chi connectivity index (χ3v) is 4.87. The molecular formula is C19H21BN2O5. The van der Waals surface area contributed by atoms with Gasteiger partial charge in [-0.15, -0.1) is 0 Å². The van der Waals surface area contributed by atoms with Gasteiger partial charge in [-0.3, -0.25) is 4.79 Å². The standard InChI is InChI=1S/C19H21BN2O5/c21-9-13-5-4-11(6-14(13)10-22)17(23)8-15-7-12-2-1-3-16(19(24)25)18(12)27-20(15)26/h1-6,15,26H,7-10,21-22H2,(H,24,25)/t15-/m1/s1. The van der Waals surface area contributed by atoms with Crippen molar-refractivity contribution >= 4 is 18.9 Å². The van der Waals surface area contributed by atoms with E-state index in [9.17, 15) is 19.7 Å². The predicted octanol–water partition coefficient (Wildman–Crippen LogP) is 1.36. The van der Waals surface area contributed by atoms with Crippen molar-refractivity contribution in [1.29, 1.82) is 0 Å². The van der Waals surface area contributed by atoms with Gasteiger partial charge in [-0.1, -0.05) is 24.3 Å². The Morgan fingerprint density at radius 3 is 2.56 bits per heavy atom. The third kappa shape index (κ3) is 3.87. The van der Waals surface area contributed by atoms with E-state index in [2.05, 4.69) is 0 Å². The van der Waals surface area contributed by atoms with Crippen molar-refractivity contribution in [3.63, 3.8) is 0 Å². The molecule has 1 aliphatic rings. The summed E-state index contributed by atoms with van der Waals surface area (Å²) >= 11 is 0. The Balaban J connectivity index is 1.79. The molecule has 0 radical (unpaired) electrons. The minimum Gasteiger partial charge on any atom is -0.535 e. The van der Waals surface area contributed by atoms with Crippen LogP contribution in [0.3, 0.4) is 0 Å². The van der Waals surface area contributed by atoms with Gasteiger partial charge >= 0.3 is 13.1 Å². The predicted molar refractivity (Wildman–Crippen MR) is 101 cm³/mol. The average Bonchev–Trinajstić information content (AvgIpc) is 2.67. The highest BCUT2D eigenvalue weighted by molar-refractivity contribution is 6.47. The van der Waals surface area contributed by atoms with Crippen LogP contribution in [0.5, 0.6) is 5.75 Å². The van der Waals surface area contributed by atoms with Crippen LogP contribution >= 0.6 is 0 Å². The van der Waals surface area contributed by atoms with E-state index in [4.69, 9.17) is 16.1 Å². The van der Waals surface area contributed by atoms with E-state index in [-0.39, 0.29) is 30.1 Å². The normalized spacial score (nSPS) is 15.8. The van der Waals surface area contributed by atoms with Gasteiger partial charge in [0.15, 0.2) is 5.78 Å². The summed E-state index contributed by atoms with van der Waals surface area (Å²) in [6.07, 6.45) is 0.428. The first-order chi connectivity index (χ1) is 12.9. The number of fused-ring (bicyclic) bond motifs is 1. The molecule has 1 aliphatic heterocycles. The van der Waals surface area contributed by atoms with Crippen LogP contribution in [-0.4, -0.2) is 29.0 Å². The molecule has 0 aromatic heterocycles. The van der Waals surface area contributed by atoms with E-state index < -0.39 is 18.9 Å². The number of rotatable bonds is 6. The van der Waals surface area contributed by atoms with Gasteiger partial charge in [-0.2, -0.15) is 0 Å². The van der Waals surface area contributed by atoms with Crippen molar-refractivity contribution in [2.75, 3.05) is 0 Å². The van der Waals surface area contributed by atoms with Gasteiger partial charge in [0.25, 0.3) is 0 Å². The Kier molecular flexibility index (Phi) is 5.60. The third-order valence-electron chi connectivity index (χ3n) is 4.87. The van der Waals surface area contributed by atoms with Gasteiger partial charge in [0.2, 0.25) is 0 Å². The number of carbonyl (C=O) groups is 2. The molecule has 27 heavy (non-hydrogen) atoms. The summed E-state index contributed by atoms with van der Waals surface area (Å²) in [6.45, 7) is 0.632. The Morgan fingerprint density at radius 2 is 1.89 bits per heavy atom. The van der Waals surface area contributed by atoms with Gasteiger partial charge in [0.1, 0.15) is 5.75 Å². The maximum atomic E-state index is 12.7. The van der Waals surface area contributed by atoms with Crippen LogP contribution in [0, 0.1) is 0 Å². The zero-order valence-electron chi connectivity index (χ0n) is 14.7. The van der Waals surface area contributed by atoms with Gasteiger partial charge in [-0.25, -0.2) is 4.79 Å². The maximum Gasteiger partial charge on any atom is 0.526 e. The van der Waals surface area contributed by atoms with Gasteiger partial charge < -0.3 is 26.3 Å². The number of benzene rings is 2. The molecule has 0 spiro atoms. The molecule has 1 atom stereocenters. The van der Waals surface area contributed by atoms with E-state index in [0.717, 1.165) is 11.1 Å². The lowest BCUT2D eigenvalue weighted by Crippen LogP contribution is -2.35. The second-order valence-electron chi connectivity index (χ2n) is 6.59. The molecule has 0 amide bonds. The maximum absolute atomic E-state index is 12.7. The van der Waals surface area contributed by atoms with Crippen LogP contribution < -0.4 is 16.1 Å². The molecule has 0 saturated carbocycles. The minimum atomic E-state index is -1.25. The molecule has 0 aliphatic carbocycles. The monoisotopic (exact) mass is 368 g/mol. The van der Waals surface area contributed by atoms with Crippen molar-refractivity contribution in [3.05, 3.63) is 64.2 Å². The van der Waals surface area contributed by atoms with Crippen LogP contribution in [0.4, 0.5) is 0 Å². The topological polar surface area (TPSA) is 136 Å². The number of aromatic carboxylic acids is 1. The lowest BCUT2D eigenvalue weighted by atomic mass is 9.64. The summed E-state index contributed by atoms with van der Waals surface area (Å²) in [5.41, 5.74) is 14.3. The number of nitrogens with two attached hydrogens (primary N) is 2. The lowest BCUT2D eigenvalue weighted by molar-refractivity contribution is 0.0693. The Morgan fingerprint density at radius 1 is 1.15 bits per heavy atom. The number of ketones is 1. The molecule has 0 unspecified atom stereocenters.